The van der Waals surface area contributed by atoms with Gasteiger partial charge in [-0.2, -0.15) is 0 Å². The lowest BCUT2D eigenvalue weighted by atomic mass is 10.0. The third kappa shape index (κ3) is 2.63. The maximum atomic E-state index is 11.7. The molecular formula is C13H12N2O4S. The van der Waals surface area contributed by atoms with Gasteiger partial charge in [0.2, 0.25) is 10.0 Å². The summed E-state index contributed by atoms with van der Waals surface area (Å²) >= 11 is 0. The number of hydrogen-bond donors (Lipinski definition) is 3. The smallest absolute Gasteiger partial charge is 0.337 e. The van der Waals surface area contributed by atoms with Gasteiger partial charge in [-0.05, 0) is 17.7 Å². The zero-order valence-electron chi connectivity index (χ0n) is 10.3. The van der Waals surface area contributed by atoms with E-state index in [1.807, 2.05) is 0 Å². The molecule has 20 heavy (non-hydrogen) atoms. The van der Waals surface area contributed by atoms with Crippen molar-refractivity contribution in [2.75, 3.05) is 5.73 Å². The highest BCUT2D eigenvalue weighted by Crippen LogP contribution is 2.31. The normalized spacial score (nSPS) is 11.2. The first-order valence-electron chi connectivity index (χ1n) is 5.55. The average Bonchev–Trinajstić information content (AvgIpc) is 2.37. The predicted octanol–water partition coefficient (Wildman–Crippen LogP) is 1.28. The van der Waals surface area contributed by atoms with Crippen LogP contribution >= 0.6 is 0 Å². The topological polar surface area (TPSA) is 123 Å². The number of benzene rings is 2. The highest BCUT2D eigenvalue weighted by molar-refractivity contribution is 7.89. The number of hydrogen-bond acceptors (Lipinski definition) is 4. The van der Waals surface area contributed by atoms with E-state index in [4.69, 9.17) is 16.0 Å². The molecule has 6 nitrogen and oxygen atoms in total. The summed E-state index contributed by atoms with van der Waals surface area (Å²) in [6.45, 7) is 0. The van der Waals surface area contributed by atoms with Crippen LogP contribution in [0.4, 0.5) is 5.69 Å². The molecule has 2 aromatic carbocycles. The average molecular weight is 292 g/mol. The number of nitrogen functional groups attached to an aromatic ring is 1. The van der Waals surface area contributed by atoms with E-state index in [9.17, 15) is 13.2 Å². The zero-order chi connectivity index (χ0) is 14.9. The lowest BCUT2D eigenvalue weighted by Gasteiger charge is -2.11. The third-order valence-corrected chi connectivity index (χ3v) is 3.72. The summed E-state index contributed by atoms with van der Waals surface area (Å²) in [6, 6.07) is 10.9. The molecule has 5 N–H and O–H groups in total. The molecule has 0 aromatic heterocycles. The van der Waals surface area contributed by atoms with Gasteiger partial charge in [-0.15, -0.1) is 0 Å². The Balaban J connectivity index is 2.81. The number of aromatic carboxylic acids is 1. The molecule has 0 heterocycles. The second kappa shape index (κ2) is 4.95. The molecule has 0 bridgehead atoms. The van der Waals surface area contributed by atoms with Crippen molar-refractivity contribution in [3.05, 3.63) is 48.0 Å². The number of rotatable bonds is 3. The first-order valence-corrected chi connectivity index (χ1v) is 7.10. The molecule has 104 valence electrons. The molecule has 2 aromatic rings. The molecule has 0 amide bonds. The second-order valence-corrected chi connectivity index (χ2v) is 5.68. The van der Waals surface area contributed by atoms with Crippen LogP contribution in [0.5, 0.6) is 0 Å². The van der Waals surface area contributed by atoms with Crippen molar-refractivity contribution >= 4 is 21.7 Å². The Bertz CT molecular complexity index is 770. The Labute approximate surface area is 115 Å². The lowest BCUT2D eigenvalue weighted by molar-refractivity contribution is 0.0698. The van der Waals surface area contributed by atoms with E-state index in [1.54, 1.807) is 30.3 Å². The molecule has 0 spiro atoms. The van der Waals surface area contributed by atoms with Crippen LogP contribution in [0.25, 0.3) is 11.1 Å². The van der Waals surface area contributed by atoms with Gasteiger partial charge >= 0.3 is 5.97 Å². The van der Waals surface area contributed by atoms with E-state index >= 15 is 0 Å². The fraction of sp³-hybridized carbons (Fsp3) is 0. The highest BCUT2D eigenvalue weighted by atomic mass is 32.2. The van der Waals surface area contributed by atoms with Crippen molar-refractivity contribution in [1.82, 2.24) is 0 Å². The number of carbonyl (C=O) groups is 1. The maximum absolute atomic E-state index is 11.7. The van der Waals surface area contributed by atoms with Gasteiger partial charge in [-0.3, -0.25) is 0 Å². The van der Waals surface area contributed by atoms with E-state index in [0.717, 1.165) is 6.07 Å². The van der Waals surface area contributed by atoms with Crippen LogP contribution in [0.2, 0.25) is 0 Å². The highest BCUT2D eigenvalue weighted by Gasteiger charge is 2.20. The minimum atomic E-state index is -4.07. The lowest BCUT2D eigenvalue weighted by Crippen LogP contribution is -2.15. The Kier molecular flexibility index (Phi) is 3.47. The van der Waals surface area contributed by atoms with Gasteiger partial charge in [-0.25, -0.2) is 18.4 Å². The van der Waals surface area contributed by atoms with Crippen LogP contribution in [-0.2, 0) is 10.0 Å². The molecule has 0 aliphatic heterocycles. The fourth-order valence-corrected chi connectivity index (χ4v) is 2.63. The number of carboxylic acid groups (broad SMARTS) is 1. The van der Waals surface area contributed by atoms with Gasteiger partial charge in [0, 0.05) is 11.3 Å². The summed E-state index contributed by atoms with van der Waals surface area (Å²) in [4.78, 5) is 10.8. The van der Waals surface area contributed by atoms with Crippen LogP contribution in [0.3, 0.4) is 0 Å². The van der Waals surface area contributed by atoms with Gasteiger partial charge in [0.25, 0.3) is 0 Å². The summed E-state index contributed by atoms with van der Waals surface area (Å²) in [6.07, 6.45) is 0. The Morgan fingerprint density at radius 1 is 1.10 bits per heavy atom. The van der Waals surface area contributed by atoms with Crippen molar-refractivity contribution < 1.29 is 18.3 Å². The van der Waals surface area contributed by atoms with E-state index in [2.05, 4.69) is 0 Å². The Morgan fingerprint density at radius 2 is 1.70 bits per heavy atom. The Morgan fingerprint density at radius 3 is 2.20 bits per heavy atom. The SMILES string of the molecule is Nc1cc(-c2ccccc2)c(S(N)(=O)=O)cc1C(=O)O. The van der Waals surface area contributed by atoms with Crippen LogP contribution in [0.15, 0.2) is 47.4 Å². The van der Waals surface area contributed by atoms with Crippen molar-refractivity contribution in [3.8, 4) is 11.1 Å². The van der Waals surface area contributed by atoms with Crippen LogP contribution in [0, 0.1) is 0 Å². The minimum Gasteiger partial charge on any atom is -0.478 e. The molecule has 0 saturated heterocycles. The van der Waals surface area contributed by atoms with Crippen molar-refractivity contribution in [2.24, 2.45) is 5.14 Å². The van der Waals surface area contributed by atoms with E-state index in [0.29, 0.717) is 5.56 Å². The zero-order valence-corrected chi connectivity index (χ0v) is 11.1. The number of carboxylic acids is 1. The van der Waals surface area contributed by atoms with Crippen molar-refractivity contribution in [2.45, 2.75) is 4.90 Å². The maximum Gasteiger partial charge on any atom is 0.337 e. The first-order chi connectivity index (χ1) is 9.30. The molecule has 0 unspecified atom stereocenters. The van der Waals surface area contributed by atoms with Gasteiger partial charge in [0.05, 0.1) is 10.5 Å². The summed E-state index contributed by atoms with van der Waals surface area (Å²) < 4.78 is 23.3. The summed E-state index contributed by atoms with van der Waals surface area (Å²) in [5.41, 5.74) is 6.19. The second-order valence-electron chi connectivity index (χ2n) is 4.15. The molecule has 0 aliphatic rings. The van der Waals surface area contributed by atoms with E-state index < -0.39 is 16.0 Å². The van der Waals surface area contributed by atoms with Crippen LogP contribution < -0.4 is 10.9 Å². The third-order valence-electron chi connectivity index (χ3n) is 2.77. The molecule has 0 fully saturated rings. The number of anilines is 1. The molecule has 0 atom stereocenters. The van der Waals surface area contributed by atoms with Crippen molar-refractivity contribution in [3.63, 3.8) is 0 Å². The molecule has 0 saturated carbocycles. The summed E-state index contributed by atoms with van der Waals surface area (Å²) in [7, 11) is -4.07. The quantitative estimate of drug-likeness (QED) is 0.735. The number of nitrogens with two attached hydrogens (primary N) is 2. The van der Waals surface area contributed by atoms with E-state index in [-0.39, 0.29) is 21.7 Å². The van der Waals surface area contributed by atoms with E-state index in [1.165, 1.54) is 6.07 Å². The molecular weight excluding hydrogens is 280 g/mol. The monoisotopic (exact) mass is 292 g/mol. The van der Waals surface area contributed by atoms with Gasteiger partial charge in [-0.1, -0.05) is 30.3 Å². The Hall–Kier alpha value is -2.38. The molecule has 0 aliphatic carbocycles. The summed E-state index contributed by atoms with van der Waals surface area (Å²) in [5.74, 6) is -1.31. The van der Waals surface area contributed by atoms with Crippen LogP contribution in [0.1, 0.15) is 10.4 Å². The summed E-state index contributed by atoms with van der Waals surface area (Å²) in [5, 5.41) is 14.2. The fourth-order valence-electron chi connectivity index (χ4n) is 1.86. The largest absolute Gasteiger partial charge is 0.478 e. The van der Waals surface area contributed by atoms with Gasteiger partial charge < -0.3 is 10.8 Å². The van der Waals surface area contributed by atoms with Gasteiger partial charge in [0.1, 0.15) is 0 Å². The minimum absolute atomic E-state index is 0.0243. The van der Waals surface area contributed by atoms with Crippen LogP contribution in [-0.4, -0.2) is 19.5 Å². The molecule has 2 rings (SSSR count). The molecule has 7 heteroatoms. The molecule has 0 radical (unpaired) electrons. The van der Waals surface area contributed by atoms with Crippen molar-refractivity contribution in [1.29, 1.82) is 0 Å². The number of sulfonamides is 1. The standard InChI is InChI=1S/C13H12N2O4S/c14-11-6-9(8-4-2-1-3-5-8)12(20(15,18)19)7-10(11)13(16)17/h1-7H,14H2,(H,16,17)(H2,15,18,19). The number of primary sulfonamides is 1. The van der Waals surface area contributed by atoms with Gasteiger partial charge in [0.15, 0.2) is 0 Å². The first kappa shape index (κ1) is 14.0. The predicted molar refractivity (Wildman–Crippen MR) is 74.6 cm³/mol.